The van der Waals surface area contributed by atoms with Crippen LogP contribution in [0.25, 0.3) is 11.1 Å². The number of nitrogens with zero attached hydrogens (tertiary/aromatic N) is 1. The molecule has 1 aromatic heterocycles. The van der Waals surface area contributed by atoms with Gasteiger partial charge < -0.3 is 5.32 Å². The second-order valence-corrected chi connectivity index (χ2v) is 5.50. The molecular weight excluding hydrogens is 232 g/mol. The smallest absolute Gasteiger partial charge is 0.0349 e. The van der Waals surface area contributed by atoms with Crippen molar-refractivity contribution in [3.8, 4) is 11.1 Å². The monoisotopic (exact) mass is 252 g/mol. The van der Waals surface area contributed by atoms with Crippen molar-refractivity contribution in [3.63, 3.8) is 0 Å². The quantitative estimate of drug-likeness (QED) is 0.899. The molecule has 1 heterocycles. The summed E-state index contributed by atoms with van der Waals surface area (Å²) in [5.74, 6) is 0. The van der Waals surface area contributed by atoms with E-state index in [0.717, 1.165) is 12.6 Å². The van der Waals surface area contributed by atoms with Gasteiger partial charge >= 0.3 is 0 Å². The van der Waals surface area contributed by atoms with Crippen LogP contribution in [0.1, 0.15) is 29.5 Å². The van der Waals surface area contributed by atoms with Crippen LogP contribution in [0.2, 0.25) is 0 Å². The third kappa shape index (κ3) is 2.85. The zero-order valence-electron chi connectivity index (χ0n) is 11.6. The predicted molar refractivity (Wildman–Crippen MR) is 79.0 cm³/mol. The van der Waals surface area contributed by atoms with Crippen LogP contribution < -0.4 is 5.32 Å². The lowest BCUT2D eigenvalue weighted by Gasteiger charge is -2.11. The van der Waals surface area contributed by atoms with E-state index in [-0.39, 0.29) is 0 Å². The van der Waals surface area contributed by atoms with Gasteiger partial charge in [0.25, 0.3) is 0 Å². The molecule has 0 radical (unpaired) electrons. The molecule has 19 heavy (non-hydrogen) atoms. The Kier molecular flexibility index (Phi) is 3.34. The minimum atomic E-state index is 0.764. The van der Waals surface area contributed by atoms with E-state index in [1.165, 1.54) is 40.7 Å². The van der Waals surface area contributed by atoms with Crippen LogP contribution in [-0.2, 0) is 6.54 Å². The Morgan fingerprint density at radius 3 is 2.63 bits per heavy atom. The summed E-state index contributed by atoms with van der Waals surface area (Å²) in [4.78, 5) is 4.24. The zero-order chi connectivity index (χ0) is 13.2. The SMILES string of the molecule is Cc1cc(CNC2CC2)ccc1-c1cnccc1C. The van der Waals surface area contributed by atoms with E-state index in [4.69, 9.17) is 0 Å². The normalized spacial score (nSPS) is 14.6. The summed E-state index contributed by atoms with van der Waals surface area (Å²) in [6, 6.07) is 9.57. The van der Waals surface area contributed by atoms with Crippen molar-refractivity contribution < 1.29 is 0 Å². The molecule has 0 unspecified atom stereocenters. The van der Waals surface area contributed by atoms with Crippen LogP contribution in [0, 0.1) is 13.8 Å². The predicted octanol–water partition coefficient (Wildman–Crippen LogP) is 3.62. The Balaban J connectivity index is 1.84. The summed E-state index contributed by atoms with van der Waals surface area (Å²) in [7, 11) is 0. The summed E-state index contributed by atoms with van der Waals surface area (Å²) < 4.78 is 0. The first-order valence-corrected chi connectivity index (χ1v) is 6.98. The molecule has 1 aromatic carbocycles. The Hall–Kier alpha value is -1.67. The van der Waals surface area contributed by atoms with Gasteiger partial charge in [0.05, 0.1) is 0 Å². The van der Waals surface area contributed by atoms with E-state index in [1.54, 1.807) is 0 Å². The summed E-state index contributed by atoms with van der Waals surface area (Å²) in [6.07, 6.45) is 6.49. The molecule has 2 heteroatoms. The average Bonchev–Trinajstić information content (AvgIpc) is 3.22. The van der Waals surface area contributed by atoms with E-state index in [1.807, 2.05) is 12.4 Å². The molecule has 0 amide bonds. The third-order valence-corrected chi connectivity index (χ3v) is 3.79. The van der Waals surface area contributed by atoms with Gasteiger partial charge in [-0.15, -0.1) is 0 Å². The molecule has 0 atom stereocenters. The van der Waals surface area contributed by atoms with Crippen LogP contribution in [-0.4, -0.2) is 11.0 Å². The molecule has 2 aromatic rings. The molecular formula is C17H20N2. The van der Waals surface area contributed by atoms with Crippen LogP contribution in [0.5, 0.6) is 0 Å². The number of benzene rings is 1. The van der Waals surface area contributed by atoms with Gasteiger partial charge in [0, 0.05) is 30.5 Å². The van der Waals surface area contributed by atoms with Gasteiger partial charge in [-0.3, -0.25) is 4.98 Å². The van der Waals surface area contributed by atoms with Crippen LogP contribution in [0.15, 0.2) is 36.7 Å². The van der Waals surface area contributed by atoms with Crippen LogP contribution >= 0.6 is 0 Å². The van der Waals surface area contributed by atoms with Gasteiger partial charge in [0.2, 0.25) is 0 Å². The summed E-state index contributed by atoms with van der Waals surface area (Å²) >= 11 is 0. The standard InChI is InChI=1S/C17H20N2/c1-12-7-8-18-11-17(12)16-6-3-14(9-13(16)2)10-19-15-4-5-15/h3,6-9,11,15,19H,4-5,10H2,1-2H3. The molecule has 98 valence electrons. The second-order valence-electron chi connectivity index (χ2n) is 5.50. The lowest BCUT2D eigenvalue weighted by atomic mass is 9.97. The van der Waals surface area contributed by atoms with Crippen molar-refractivity contribution in [1.29, 1.82) is 0 Å². The van der Waals surface area contributed by atoms with Crippen LogP contribution in [0.4, 0.5) is 0 Å². The van der Waals surface area contributed by atoms with E-state index in [9.17, 15) is 0 Å². The number of hydrogen-bond acceptors (Lipinski definition) is 2. The van der Waals surface area contributed by atoms with Gasteiger partial charge in [0.15, 0.2) is 0 Å². The highest BCUT2D eigenvalue weighted by molar-refractivity contribution is 5.69. The first-order chi connectivity index (χ1) is 9.24. The Bertz CT molecular complexity index is 586. The van der Waals surface area contributed by atoms with Crippen molar-refractivity contribution in [3.05, 3.63) is 53.3 Å². The highest BCUT2D eigenvalue weighted by Crippen LogP contribution is 2.27. The minimum Gasteiger partial charge on any atom is -0.310 e. The molecule has 1 aliphatic rings. The first kappa shape index (κ1) is 12.4. The van der Waals surface area contributed by atoms with Gasteiger partial charge in [-0.1, -0.05) is 18.2 Å². The fourth-order valence-electron chi connectivity index (χ4n) is 2.43. The van der Waals surface area contributed by atoms with Gasteiger partial charge in [-0.05, 0) is 55.0 Å². The van der Waals surface area contributed by atoms with Crippen molar-refractivity contribution in [2.75, 3.05) is 0 Å². The molecule has 1 fully saturated rings. The zero-order valence-corrected chi connectivity index (χ0v) is 11.6. The summed E-state index contributed by atoms with van der Waals surface area (Å²) in [5, 5.41) is 3.56. The average molecular weight is 252 g/mol. The topological polar surface area (TPSA) is 24.9 Å². The van der Waals surface area contributed by atoms with Gasteiger partial charge in [-0.2, -0.15) is 0 Å². The first-order valence-electron chi connectivity index (χ1n) is 6.98. The molecule has 0 spiro atoms. The molecule has 1 N–H and O–H groups in total. The Labute approximate surface area is 114 Å². The van der Waals surface area contributed by atoms with Crippen molar-refractivity contribution >= 4 is 0 Å². The molecule has 0 aliphatic heterocycles. The van der Waals surface area contributed by atoms with E-state index >= 15 is 0 Å². The fourth-order valence-corrected chi connectivity index (χ4v) is 2.43. The molecule has 0 bridgehead atoms. The second kappa shape index (κ2) is 5.14. The molecule has 1 saturated carbocycles. The van der Waals surface area contributed by atoms with E-state index in [2.05, 4.69) is 48.4 Å². The maximum absolute atomic E-state index is 4.24. The molecule has 2 nitrogen and oxygen atoms in total. The third-order valence-electron chi connectivity index (χ3n) is 3.79. The van der Waals surface area contributed by atoms with E-state index in [0.29, 0.717) is 0 Å². The van der Waals surface area contributed by atoms with Crippen molar-refractivity contribution in [1.82, 2.24) is 10.3 Å². The van der Waals surface area contributed by atoms with Gasteiger partial charge in [-0.25, -0.2) is 0 Å². The highest BCUT2D eigenvalue weighted by atomic mass is 14.9. The molecule has 0 saturated heterocycles. The lowest BCUT2D eigenvalue weighted by molar-refractivity contribution is 0.687. The van der Waals surface area contributed by atoms with Crippen LogP contribution in [0.3, 0.4) is 0 Å². The Morgan fingerprint density at radius 1 is 1.11 bits per heavy atom. The molecule has 3 rings (SSSR count). The fraction of sp³-hybridized carbons (Fsp3) is 0.353. The number of aryl methyl sites for hydroxylation is 2. The lowest BCUT2D eigenvalue weighted by Crippen LogP contribution is -2.15. The number of rotatable bonds is 4. The maximum atomic E-state index is 4.24. The molecule has 1 aliphatic carbocycles. The maximum Gasteiger partial charge on any atom is 0.0349 e. The van der Waals surface area contributed by atoms with Crippen molar-refractivity contribution in [2.24, 2.45) is 0 Å². The highest BCUT2D eigenvalue weighted by Gasteiger charge is 2.19. The van der Waals surface area contributed by atoms with Crippen molar-refractivity contribution in [2.45, 2.75) is 39.3 Å². The minimum absolute atomic E-state index is 0.764. The largest absolute Gasteiger partial charge is 0.310 e. The van der Waals surface area contributed by atoms with E-state index < -0.39 is 0 Å². The van der Waals surface area contributed by atoms with Gasteiger partial charge in [0.1, 0.15) is 0 Å². The number of nitrogens with one attached hydrogen (secondary N) is 1. The summed E-state index contributed by atoms with van der Waals surface area (Å²) in [6.45, 7) is 5.30. The number of hydrogen-bond donors (Lipinski definition) is 1. The summed E-state index contributed by atoms with van der Waals surface area (Å²) in [5.41, 5.74) is 6.50. The Morgan fingerprint density at radius 2 is 1.95 bits per heavy atom. The number of pyridine rings is 1. The number of aromatic nitrogens is 1.